The molecule has 32 heavy (non-hydrogen) atoms. The summed E-state index contributed by atoms with van der Waals surface area (Å²) in [6.07, 6.45) is 0.751. The second-order valence-electron chi connectivity index (χ2n) is 8.51. The van der Waals surface area contributed by atoms with Gasteiger partial charge in [-0.15, -0.1) is 0 Å². The van der Waals surface area contributed by atoms with Crippen molar-refractivity contribution in [3.63, 3.8) is 0 Å². The third-order valence-corrected chi connectivity index (χ3v) is 6.21. The van der Waals surface area contributed by atoms with Gasteiger partial charge in [-0.1, -0.05) is 35.9 Å². The zero-order chi connectivity index (χ0) is 22.9. The molecule has 2 saturated heterocycles. The minimum Gasteiger partial charge on any atom is -0.495 e. The molecule has 0 aromatic heterocycles. The Kier molecular flexibility index (Phi) is 5.78. The molecule has 0 radical (unpaired) electrons. The number of rotatable bonds is 4. The predicted molar refractivity (Wildman–Crippen MR) is 121 cm³/mol. The summed E-state index contributed by atoms with van der Waals surface area (Å²) in [5.74, 6) is 0.367. The zero-order valence-corrected chi connectivity index (χ0v) is 18.6. The molecule has 0 atom stereocenters. The summed E-state index contributed by atoms with van der Waals surface area (Å²) < 4.78 is 5.33. The van der Waals surface area contributed by atoms with Gasteiger partial charge in [-0.05, 0) is 49.9 Å². The maximum absolute atomic E-state index is 13.2. The Morgan fingerprint density at radius 1 is 1.06 bits per heavy atom. The summed E-state index contributed by atoms with van der Waals surface area (Å²) in [4.78, 5) is 41.5. The van der Waals surface area contributed by atoms with Crippen LogP contribution in [0.3, 0.4) is 0 Å². The third-order valence-electron chi connectivity index (χ3n) is 6.21. The maximum atomic E-state index is 13.2. The lowest BCUT2D eigenvalue weighted by Crippen LogP contribution is -2.56. The van der Waals surface area contributed by atoms with Crippen LogP contribution in [-0.2, 0) is 11.3 Å². The van der Waals surface area contributed by atoms with Crippen molar-refractivity contribution in [1.29, 1.82) is 0 Å². The Bertz CT molecular complexity index is 1040. The summed E-state index contributed by atoms with van der Waals surface area (Å²) in [6, 6.07) is 12.7. The molecule has 2 heterocycles. The SMILES string of the molecule is COc1ccc(C)cc1NC(=O)N1CCC2(CC1)NC(=O)N(Cc1ccc(C)cc1)C2=O. The highest BCUT2D eigenvalue weighted by molar-refractivity contribution is 6.07. The minimum absolute atomic E-state index is 0.219. The number of carbonyl (C=O) groups excluding carboxylic acids is 3. The van der Waals surface area contributed by atoms with Gasteiger partial charge in [0, 0.05) is 13.1 Å². The van der Waals surface area contributed by atoms with Crippen LogP contribution in [0.1, 0.15) is 29.5 Å². The van der Waals surface area contributed by atoms with Crippen molar-refractivity contribution in [2.24, 2.45) is 0 Å². The lowest BCUT2D eigenvalue weighted by molar-refractivity contribution is -0.133. The van der Waals surface area contributed by atoms with Crippen molar-refractivity contribution < 1.29 is 19.1 Å². The van der Waals surface area contributed by atoms with Crippen molar-refractivity contribution in [3.8, 4) is 5.75 Å². The number of carbonyl (C=O) groups is 3. The summed E-state index contributed by atoms with van der Waals surface area (Å²) in [6.45, 7) is 4.90. The Hall–Kier alpha value is -3.55. The van der Waals surface area contributed by atoms with E-state index in [2.05, 4.69) is 10.6 Å². The Balaban J connectivity index is 1.40. The van der Waals surface area contributed by atoms with Crippen LogP contribution in [0.2, 0.25) is 0 Å². The zero-order valence-electron chi connectivity index (χ0n) is 18.6. The molecule has 2 aromatic carbocycles. The second kappa shape index (κ2) is 8.53. The molecule has 0 unspecified atom stereocenters. The number of methoxy groups -OCH3 is 1. The van der Waals surface area contributed by atoms with Gasteiger partial charge < -0.3 is 20.3 Å². The van der Waals surface area contributed by atoms with Crippen molar-refractivity contribution in [1.82, 2.24) is 15.1 Å². The normalized spacial score (nSPS) is 17.5. The molecule has 1 spiro atoms. The summed E-state index contributed by atoms with van der Waals surface area (Å²) in [5, 5.41) is 5.79. The number of imide groups is 1. The van der Waals surface area contributed by atoms with Crippen LogP contribution < -0.4 is 15.4 Å². The topological polar surface area (TPSA) is 91.0 Å². The smallest absolute Gasteiger partial charge is 0.325 e. The van der Waals surface area contributed by atoms with E-state index in [9.17, 15) is 14.4 Å². The molecule has 2 aliphatic rings. The minimum atomic E-state index is -0.945. The number of hydrogen-bond acceptors (Lipinski definition) is 4. The van der Waals surface area contributed by atoms with Gasteiger partial charge in [0.05, 0.1) is 19.3 Å². The van der Waals surface area contributed by atoms with Gasteiger partial charge in [-0.3, -0.25) is 9.69 Å². The summed E-state index contributed by atoms with van der Waals surface area (Å²) >= 11 is 0. The fourth-order valence-electron chi connectivity index (χ4n) is 4.24. The maximum Gasteiger partial charge on any atom is 0.325 e. The number of benzene rings is 2. The number of piperidine rings is 1. The van der Waals surface area contributed by atoms with Gasteiger partial charge >= 0.3 is 12.1 Å². The van der Waals surface area contributed by atoms with Crippen LogP contribution >= 0.6 is 0 Å². The quantitative estimate of drug-likeness (QED) is 0.719. The van der Waals surface area contributed by atoms with Crippen LogP contribution in [-0.4, -0.2) is 53.5 Å². The van der Waals surface area contributed by atoms with E-state index in [4.69, 9.17) is 4.74 Å². The number of amides is 5. The second-order valence-corrected chi connectivity index (χ2v) is 8.51. The monoisotopic (exact) mass is 436 g/mol. The van der Waals surface area contributed by atoms with Gasteiger partial charge in [0.2, 0.25) is 0 Å². The van der Waals surface area contributed by atoms with Crippen molar-refractivity contribution >= 4 is 23.7 Å². The van der Waals surface area contributed by atoms with Gasteiger partial charge in [0.15, 0.2) is 0 Å². The van der Waals surface area contributed by atoms with E-state index in [1.165, 1.54) is 4.90 Å². The van der Waals surface area contributed by atoms with E-state index >= 15 is 0 Å². The molecule has 2 aliphatic heterocycles. The van der Waals surface area contributed by atoms with Gasteiger partial charge in [-0.2, -0.15) is 0 Å². The highest BCUT2D eigenvalue weighted by Gasteiger charge is 2.52. The average molecular weight is 437 g/mol. The van der Waals surface area contributed by atoms with Crippen LogP contribution in [0, 0.1) is 13.8 Å². The summed E-state index contributed by atoms with van der Waals surface area (Å²) in [5.41, 5.74) is 2.69. The number of nitrogens with one attached hydrogen (secondary N) is 2. The van der Waals surface area contributed by atoms with E-state index in [1.807, 2.05) is 56.3 Å². The molecule has 8 heteroatoms. The lowest BCUT2D eigenvalue weighted by Gasteiger charge is -2.37. The van der Waals surface area contributed by atoms with Crippen LogP contribution in [0.4, 0.5) is 15.3 Å². The average Bonchev–Trinajstić information content (AvgIpc) is 3.00. The van der Waals surface area contributed by atoms with E-state index in [-0.39, 0.29) is 24.5 Å². The van der Waals surface area contributed by atoms with E-state index in [0.717, 1.165) is 16.7 Å². The Morgan fingerprint density at radius 3 is 2.38 bits per heavy atom. The largest absolute Gasteiger partial charge is 0.495 e. The van der Waals surface area contributed by atoms with Crippen LogP contribution in [0.25, 0.3) is 0 Å². The molecular weight excluding hydrogens is 408 g/mol. The first kappa shape index (κ1) is 21.7. The number of likely N-dealkylation sites (tertiary alicyclic amines) is 1. The molecule has 5 amide bonds. The fraction of sp³-hybridized carbons (Fsp3) is 0.375. The van der Waals surface area contributed by atoms with E-state index < -0.39 is 5.54 Å². The molecule has 2 fully saturated rings. The van der Waals surface area contributed by atoms with Crippen LogP contribution in [0.15, 0.2) is 42.5 Å². The highest BCUT2D eigenvalue weighted by Crippen LogP contribution is 2.31. The predicted octanol–water partition coefficient (Wildman–Crippen LogP) is 3.43. The molecule has 0 aliphatic carbocycles. The Labute approximate surface area is 187 Å². The van der Waals surface area contributed by atoms with Crippen molar-refractivity contribution in [2.45, 2.75) is 38.8 Å². The third kappa shape index (κ3) is 4.12. The van der Waals surface area contributed by atoms with E-state index in [1.54, 1.807) is 12.0 Å². The first-order chi connectivity index (χ1) is 15.3. The van der Waals surface area contributed by atoms with E-state index in [0.29, 0.717) is 37.4 Å². The van der Waals surface area contributed by atoms with Crippen LogP contribution in [0.5, 0.6) is 5.75 Å². The number of anilines is 1. The molecule has 168 valence electrons. The molecule has 2 N–H and O–H groups in total. The molecule has 0 saturated carbocycles. The molecule has 0 bridgehead atoms. The highest BCUT2D eigenvalue weighted by atomic mass is 16.5. The number of aryl methyl sites for hydroxylation is 2. The van der Waals surface area contributed by atoms with Gasteiger partial charge in [-0.25, -0.2) is 9.59 Å². The standard InChI is InChI=1S/C24H28N4O4/c1-16-4-7-18(8-5-16)15-28-21(29)24(26-23(28)31)10-12-27(13-11-24)22(30)25-19-14-17(2)6-9-20(19)32-3/h4-9,14H,10-13,15H2,1-3H3,(H,25,30)(H,26,31). The number of hydrogen-bond donors (Lipinski definition) is 2. The first-order valence-corrected chi connectivity index (χ1v) is 10.7. The van der Waals surface area contributed by atoms with Crippen molar-refractivity contribution in [3.05, 3.63) is 59.2 Å². The molecule has 2 aromatic rings. The molecular formula is C24H28N4O4. The number of ether oxygens (including phenoxy) is 1. The summed E-state index contributed by atoms with van der Waals surface area (Å²) in [7, 11) is 1.56. The first-order valence-electron chi connectivity index (χ1n) is 10.7. The number of nitrogens with zero attached hydrogens (tertiary/aromatic N) is 2. The van der Waals surface area contributed by atoms with Crippen molar-refractivity contribution in [2.75, 3.05) is 25.5 Å². The lowest BCUT2D eigenvalue weighted by atomic mass is 9.87. The van der Waals surface area contributed by atoms with Gasteiger partial charge in [0.1, 0.15) is 11.3 Å². The molecule has 4 rings (SSSR count). The fourth-order valence-corrected chi connectivity index (χ4v) is 4.24. The number of urea groups is 2. The Morgan fingerprint density at radius 2 is 1.72 bits per heavy atom. The van der Waals surface area contributed by atoms with Gasteiger partial charge in [0.25, 0.3) is 5.91 Å². The molecule has 8 nitrogen and oxygen atoms in total.